The molecule has 0 atom stereocenters. The first-order chi connectivity index (χ1) is 16.0. The van der Waals surface area contributed by atoms with Gasteiger partial charge in [0.25, 0.3) is 0 Å². The van der Waals surface area contributed by atoms with E-state index in [2.05, 4.69) is 4.98 Å². The van der Waals surface area contributed by atoms with Crippen LogP contribution >= 0.6 is 0 Å². The fourth-order valence-corrected chi connectivity index (χ4v) is 2.90. The number of methoxy groups -OCH3 is 1. The van der Waals surface area contributed by atoms with Gasteiger partial charge in [0, 0.05) is 30.6 Å². The van der Waals surface area contributed by atoms with Crippen LogP contribution in [0.1, 0.15) is 20.8 Å². The van der Waals surface area contributed by atoms with Crippen LogP contribution < -0.4 is 19.9 Å². The molecule has 1 amide bonds. The number of anilines is 1. The highest BCUT2D eigenvalue weighted by Crippen LogP contribution is 2.36. The Labute approximate surface area is 196 Å². The number of hydrogen-bond donors (Lipinski definition) is 1. The van der Waals surface area contributed by atoms with Crippen LogP contribution in [0.25, 0.3) is 10.9 Å². The third-order valence-electron chi connectivity index (χ3n) is 4.61. The Morgan fingerprint density at radius 3 is 2.50 bits per heavy atom. The van der Waals surface area contributed by atoms with Crippen molar-refractivity contribution in [1.82, 2.24) is 9.88 Å². The molecule has 8 nitrogen and oxygen atoms in total. The molecule has 0 aliphatic rings. The summed E-state index contributed by atoms with van der Waals surface area (Å²) < 4.78 is 50.2. The van der Waals surface area contributed by atoms with E-state index in [4.69, 9.17) is 24.7 Å². The molecular formula is C24H27F2N3O5. The van der Waals surface area contributed by atoms with Crippen molar-refractivity contribution in [3.63, 3.8) is 0 Å². The number of halogens is 2. The lowest BCUT2D eigenvalue weighted by atomic mass is 10.2. The van der Waals surface area contributed by atoms with Crippen LogP contribution in [0.15, 0.2) is 36.4 Å². The van der Waals surface area contributed by atoms with Gasteiger partial charge in [0.1, 0.15) is 29.5 Å². The molecule has 0 bridgehead atoms. The zero-order valence-electron chi connectivity index (χ0n) is 19.6. The van der Waals surface area contributed by atoms with Gasteiger partial charge in [-0.3, -0.25) is 0 Å². The molecule has 0 saturated carbocycles. The number of rotatable bonds is 7. The topological polar surface area (TPSA) is 96.1 Å². The summed E-state index contributed by atoms with van der Waals surface area (Å²) in [6.07, 6.45) is -0.487. The summed E-state index contributed by atoms with van der Waals surface area (Å²) in [5, 5.41) is 0.495. The Morgan fingerprint density at radius 2 is 1.82 bits per heavy atom. The predicted octanol–water partition coefficient (Wildman–Crippen LogP) is 5.14. The second-order valence-corrected chi connectivity index (χ2v) is 8.50. The number of carbonyl (C=O) groups is 1. The largest absolute Gasteiger partial charge is 0.497 e. The van der Waals surface area contributed by atoms with Gasteiger partial charge in [-0.1, -0.05) is 0 Å². The van der Waals surface area contributed by atoms with E-state index in [0.29, 0.717) is 16.7 Å². The van der Waals surface area contributed by atoms with E-state index in [1.54, 1.807) is 46.0 Å². The molecule has 0 radical (unpaired) electrons. The minimum atomic E-state index is -0.826. The Bertz CT molecular complexity index is 1200. The maximum atomic E-state index is 14.4. The minimum absolute atomic E-state index is 0.106. The molecule has 10 heteroatoms. The molecule has 0 saturated heterocycles. The lowest BCUT2D eigenvalue weighted by Gasteiger charge is -2.24. The summed E-state index contributed by atoms with van der Waals surface area (Å²) >= 11 is 0. The number of ether oxygens (including phenoxy) is 4. The van der Waals surface area contributed by atoms with Crippen LogP contribution in [-0.4, -0.2) is 48.9 Å². The molecule has 2 aromatic carbocycles. The molecular weight excluding hydrogens is 448 g/mol. The average Bonchev–Trinajstić information content (AvgIpc) is 2.76. The maximum absolute atomic E-state index is 14.4. The summed E-state index contributed by atoms with van der Waals surface area (Å²) in [5.41, 5.74) is 4.95. The van der Waals surface area contributed by atoms with Crippen molar-refractivity contribution in [2.24, 2.45) is 0 Å². The van der Waals surface area contributed by atoms with Gasteiger partial charge in [-0.15, -0.1) is 0 Å². The molecule has 3 rings (SSSR count). The Hall–Kier alpha value is -3.82. The van der Waals surface area contributed by atoms with E-state index in [9.17, 15) is 13.6 Å². The van der Waals surface area contributed by atoms with Crippen LogP contribution in [0, 0.1) is 11.6 Å². The van der Waals surface area contributed by atoms with Crippen LogP contribution in [-0.2, 0) is 4.74 Å². The van der Waals surface area contributed by atoms with Gasteiger partial charge >= 0.3 is 6.09 Å². The number of pyridine rings is 1. The van der Waals surface area contributed by atoms with Gasteiger partial charge < -0.3 is 29.6 Å². The zero-order valence-corrected chi connectivity index (χ0v) is 19.6. The number of nitrogens with two attached hydrogens (primary N) is 1. The fraction of sp³-hybridized carbons (Fsp3) is 0.333. The van der Waals surface area contributed by atoms with Crippen molar-refractivity contribution in [3.8, 4) is 23.1 Å². The summed E-state index contributed by atoms with van der Waals surface area (Å²) in [6, 6.07) is 8.20. The highest BCUT2D eigenvalue weighted by Gasteiger charge is 2.20. The molecule has 0 aliphatic heterocycles. The Morgan fingerprint density at radius 1 is 1.09 bits per heavy atom. The molecule has 0 aliphatic carbocycles. The minimum Gasteiger partial charge on any atom is -0.497 e. The van der Waals surface area contributed by atoms with Crippen LogP contribution in [0.2, 0.25) is 0 Å². The number of likely N-dealkylation sites (N-methyl/N-ethyl adjacent to an activating group) is 1. The molecule has 1 heterocycles. The van der Waals surface area contributed by atoms with E-state index < -0.39 is 23.3 Å². The quantitative estimate of drug-likeness (QED) is 0.473. The summed E-state index contributed by atoms with van der Waals surface area (Å²) in [4.78, 5) is 17.9. The van der Waals surface area contributed by atoms with Crippen molar-refractivity contribution >= 4 is 22.7 Å². The number of nitrogen functional groups attached to an aromatic ring is 1. The Balaban J connectivity index is 1.85. The number of aromatic nitrogens is 1. The van der Waals surface area contributed by atoms with Gasteiger partial charge in [-0.05, 0) is 39.0 Å². The second-order valence-electron chi connectivity index (χ2n) is 8.50. The summed E-state index contributed by atoms with van der Waals surface area (Å²) in [7, 11) is 3.09. The van der Waals surface area contributed by atoms with E-state index in [1.807, 2.05) is 0 Å². The SMILES string of the molecule is COc1ccc2nc(OCCN(C)C(=O)OC(C)(C)C)cc(Oc3cc(F)c(N)cc3F)c2c1. The van der Waals surface area contributed by atoms with E-state index in [-0.39, 0.29) is 36.2 Å². The number of benzene rings is 2. The average molecular weight is 475 g/mol. The standard InChI is InChI=1S/C24H27F2N3O5/c1-24(2,3)34-23(30)29(4)8-9-32-22-13-20(15-10-14(31-5)6-7-19(15)28-22)33-21-12-16(25)18(27)11-17(21)26/h6-7,10-13H,8-9,27H2,1-5H3. The van der Waals surface area contributed by atoms with E-state index in [0.717, 1.165) is 12.1 Å². The molecule has 3 aromatic rings. The van der Waals surface area contributed by atoms with Crippen molar-refractivity contribution in [2.45, 2.75) is 26.4 Å². The number of fused-ring (bicyclic) bond motifs is 1. The monoisotopic (exact) mass is 475 g/mol. The van der Waals surface area contributed by atoms with Gasteiger partial charge in [0.2, 0.25) is 5.88 Å². The molecule has 182 valence electrons. The first kappa shape index (κ1) is 24.8. The highest BCUT2D eigenvalue weighted by atomic mass is 19.1. The first-order valence-corrected chi connectivity index (χ1v) is 10.4. The molecule has 0 spiro atoms. The number of nitrogens with zero attached hydrogens (tertiary/aromatic N) is 2. The van der Waals surface area contributed by atoms with Crippen molar-refractivity contribution in [3.05, 3.63) is 48.0 Å². The number of hydrogen-bond acceptors (Lipinski definition) is 7. The van der Waals surface area contributed by atoms with Crippen molar-refractivity contribution < 1.29 is 32.5 Å². The fourth-order valence-electron chi connectivity index (χ4n) is 2.90. The summed E-state index contributed by atoms with van der Waals surface area (Å²) in [5.74, 6) is -1.13. The summed E-state index contributed by atoms with van der Waals surface area (Å²) in [6.45, 7) is 5.67. The highest BCUT2D eigenvalue weighted by molar-refractivity contribution is 5.87. The van der Waals surface area contributed by atoms with E-state index >= 15 is 0 Å². The molecule has 1 aromatic heterocycles. The Kier molecular flexibility index (Phi) is 7.29. The first-order valence-electron chi connectivity index (χ1n) is 10.4. The number of carbonyl (C=O) groups excluding carboxylic acids is 1. The molecule has 0 unspecified atom stereocenters. The molecule has 2 N–H and O–H groups in total. The molecule has 0 fully saturated rings. The van der Waals surface area contributed by atoms with Gasteiger partial charge in [-0.25, -0.2) is 18.6 Å². The lowest BCUT2D eigenvalue weighted by Crippen LogP contribution is -2.36. The maximum Gasteiger partial charge on any atom is 0.410 e. The van der Waals surface area contributed by atoms with Gasteiger partial charge in [0.15, 0.2) is 11.6 Å². The smallest absolute Gasteiger partial charge is 0.410 e. The van der Waals surface area contributed by atoms with Gasteiger partial charge in [0.05, 0.1) is 24.9 Å². The van der Waals surface area contributed by atoms with Crippen LogP contribution in [0.4, 0.5) is 19.3 Å². The normalized spacial score (nSPS) is 11.3. The van der Waals surface area contributed by atoms with Crippen LogP contribution in [0.5, 0.6) is 23.1 Å². The third kappa shape index (κ3) is 6.15. The predicted molar refractivity (Wildman–Crippen MR) is 123 cm³/mol. The molecule has 34 heavy (non-hydrogen) atoms. The third-order valence-corrected chi connectivity index (χ3v) is 4.61. The number of amides is 1. The van der Waals surface area contributed by atoms with Crippen LogP contribution in [0.3, 0.4) is 0 Å². The van der Waals surface area contributed by atoms with Crippen molar-refractivity contribution in [1.29, 1.82) is 0 Å². The van der Waals surface area contributed by atoms with Crippen molar-refractivity contribution in [2.75, 3.05) is 33.0 Å². The zero-order chi connectivity index (χ0) is 25.0. The lowest BCUT2D eigenvalue weighted by molar-refractivity contribution is 0.0277. The second kappa shape index (κ2) is 9.98. The van der Waals surface area contributed by atoms with E-state index in [1.165, 1.54) is 18.1 Å². The van der Waals surface area contributed by atoms with Gasteiger partial charge in [-0.2, -0.15) is 0 Å².